The normalized spacial score (nSPS) is 13.1. The van der Waals surface area contributed by atoms with Crippen molar-refractivity contribution in [2.45, 2.75) is 19.1 Å². The smallest absolute Gasteiger partial charge is 0.266 e. The predicted molar refractivity (Wildman–Crippen MR) is 147 cm³/mol. The van der Waals surface area contributed by atoms with E-state index in [2.05, 4.69) is 21.8 Å². The van der Waals surface area contributed by atoms with E-state index in [-0.39, 0.29) is 12.1 Å². The van der Waals surface area contributed by atoms with E-state index < -0.39 is 29.5 Å². The van der Waals surface area contributed by atoms with Gasteiger partial charge in [0.2, 0.25) is 12.0 Å². The van der Waals surface area contributed by atoms with Crippen molar-refractivity contribution in [2.75, 3.05) is 19.1 Å². The van der Waals surface area contributed by atoms with Crippen molar-refractivity contribution in [2.24, 2.45) is 0 Å². The summed E-state index contributed by atoms with van der Waals surface area (Å²) in [5.74, 6) is -1.60. The van der Waals surface area contributed by atoms with Crippen LogP contribution in [0.1, 0.15) is 23.7 Å². The molecule has 2 aromatic carbocycles. The number of nitrogens with one attached hydrogen (secondary N) is 1. The summed E-state index contributed by atoms with van der Waals surface area (Å²) >= 11 is 3.25. The van der Waals surface area contributed by atoms with Gasteiger partial charge >= 0.3 is 0 Å². The van der Waals surface area contributed by atoms with Crippen LogP contribution in [-0.2, 0) is 16.1 Å². The van der Waals surface area contributed by atoms with Gasteiger partial charge in [-0.1, -0.05) is 24.3 Å². The number of amides is 1. The first kappa shape index (κ1) is 29.2. The van der Waals surface area contributed by atoms with Crippen LogP contribution in [-0.4, -0.2) is 30.0 Å². The van der Waals surface area contributed by atoms with Crippen molar-refractivity contribution in [1.82, 2.24) is 10.3 Å². The minimum absolute atomic E-state index is 0.00287. The van der Waals surface area contributed by atoms with Gasteiger partial charge in [-0.05, 0) is 59.0 Å². The molecule has 1 N–H and O–H groups in total. The molecule has 1 aromatic heterocycles. The highest BCUT2D eigenvalue weighted by Crippen LogP contribution is 2.28. The van der Waals surface area contributed by atoms with Gasteiger partial charge in [0.25, 0.3) is 5.91 Å². The Balaban J connectivity index is 0.000000715. The van der Waals surface area contributed by atoms with Crippen molar-refractivity contribution in [3.63, 3.8) is 0 Å². The number of thioether (sulfide) groups is 2. The number of hydrogen-bond acceptors (Lipinski definition) is 6. The highest BCUT2D eigenvalue weighted by atomic mass is 32.2. The highest BCUT2D eigenvalue weighted by molar-refractivity contribution is 8.02. The lowest BCUT2D eigenvalue weighted by Crippen LogP contribution is -2.30. The van der Waals surface area contributed by atoms with Crippen molar-refractivity contribution in [1.29, 1.82) is 0 Å². The van der Waals surface area contributed by atoms with Crippen LogP contribution in [0.3, 0.4) is 0 Å². The molecule has 0 saturated carbocycles. The van der Waals surface area contributed by atoms with Crippen LogP contribution in [0.25, 0.3) is 11.1 Å². The Bertz CT molecular complexity index is 1280. The number of halogens is 3. The molecule has 0 radical (unpaired) electrons. The summed E-state index contributed by atoms with van der Waals surface area (Å²) in [6.07, 6.45) is 6.88. The average Bonchev–Trinajstić information content (AvgIpc) is 3.52. The van der Waals surface area contributed by atoms with Gasteiger partial charge in [0.05, 0.1) is 13.4 Å². The van der Waals surface area contributed by atoms with E-state index in [4.69, 9.17) is 9.47 Å². The van der Waals surface area contributed by atoms with Crippen LogP contribution in [0.4, 0.5) is 13.2 Å². The van der Waals surface area contributed by atoms with Crippen LogP contribution in [0.15, 0.2) is 77.9 Å². The van der Waals surface area contributed by atoms with E-state index >= 15 is 4.39 Å². The van der Waals surface area contributed by atoms with Gasteiger partial charge in [0.15, 0.2) is 11.6 Å². The van der Waals surface area contributed by atoms with Crippen molar-refractivity contribution < 1.29 is 27.4 Å². The number of carbonyl (C=O) groups excluding carboxylic acids is 1. The predicted octanol–water partition coefficient (Wildman–Crippen LogP) is 7.02. The molecular weight excluding hydrogens is 533 g/mol. The topological polar surface area (TPSA) is 60.5 Å². The highest BCUT2D eigenvalue weighted by Gasteiger charge is 2.25. The van der Waals surface area contributed by atoms with Gasteiger partial charge in [-0.2, -0.15) is 0 Å². The largest absolute Gasteiger partial charge is 0.483 e. The molecular formula is C28H27F3N2O3S2. The number of nitrogens with zero attached hydrogens (tertiary/aromatic N) is 1. The summed E-state index contributed by atoms with van der Waals surface area (Å²) in [5.41, 5.74) is 1.37. The Morgan fingerprint density at radius 2 is 1.87 bits per heavy atom. The number of hydrogen-bond donors (Lipinski definition) is 1. The third-order valence-electron chi connectivity index (χ3n) is 5.25. The number of pyridine rings is 1. The Hall–Kier alpha value is -3.37. The van der Waals surface area contributed by atoms with Crippen molar-refractivity contribution in [3.8, 4) is 17.0 Å². The van der Waals surface area contributed by atoms with E-state index in [0.29, 0.717) is 17.0 Å². The number of benzene rings is 2. The maximum Gasteiger partial charge on any atom is 0.266 e. The second-order valence-electron chi connectivity index (χ2n) is 7.84. The molecule has 10 heteroatoms. The molecule has 1 aliphatic heterocycles. The number of aromatic nitrogens is 1. The van der Waals surface area contributed by atoms with Gasteiger partial charge in [-0.3, -0.25) is 4.79 Å². The second kappa shape index (κ2) is 15.1. The van der Waals surface area contributed by atoms with Crippen LogP contribution in [0.5, 0.6) is 5.88 Å². The number of carbonyl (C=O) groups is 1. The Morgan fingerprint density at radius 3 is 2.47 bits per heavy atom. The summed E-state index contributed by atoms with van der Waals surface area (Å²) in [4.78, 5) is 16.9. The second-order valence-corrected chi connectivity index (χ2v) is 9.60. The van der Waals surface area contributed by atoms with Crippen molar-refractivity contribution in [3.05, 3.63) is 106 Å². The maximum absolute atomic E-state index is 15.0. The SMILES string of the molecule is C1=CSCC1.COc1cc(CNC(=O)C(O/C=C/SC)c2ccc(-c3ccc(F)c(F)c3)cc2F)ccn1. The molecule has 0 saturated heterocycles. The summed E-state index contributed by atoms with van der Waals surface area (Å²) < 4.78 is 52.4. The third kappa shape index (κ3) is 8.59. The quantitative estimate of drug-likeness (QED) is 0.284. The number of ether oxygens (including phenoxy) is 2. The summed E-state index contributed by atoms with van der Waals surface area (Å²) in [6.45, 7) is 0.151. The van der Waals surface area contributed by atoms with Gasteiger partial charge < -0.3 is 14.8 Å². The van der Waals surface area contributed by atoms with Crippen LogP contribution in [0.2, 0.25) is 0 Å². The fourth-order valence-electron chi connectivity index (χ4n) is 3.33. The summed E-state index contributed by atoms with van der Waals surface area (Å²) in [7, 11) is 1.49. The van der Waals surface area contributed by atoms with Crippen molar-refractivity contribution >= 4 is 29.4 Å². The molecule has 0 aliphatic carbocycles. The van der Waals surface area contributed by atoms with E-state index in [1.165, 1.54) is 55.5 Å². The molecule has 200 valence electrons. The molecule has 1 amide bonds. The standard InChI is InChI=1S/C24H21F3N2O3S.C4H6S/c1-31-22-11-15(7-8-28-22)14-29-24(30)23(32-9-10-33-2)18-5-3-16(12-20(18)26)17-4-6-19(25)21(27)13-17;1-2-4-5-3-1/h3-13,23H,14H2,1-2H3,(H,29,30);1,3H,2,4H2/b10-9+;. The summed E-state index contributed by atoms with van der Waals surface area (Å²) in [5, 5.41) is 6.48. The molecule has 0 spiro atoms. The third-order valence-corrected chi connectivity index (χ3v) is 6.49. The number of rotatable bonds is 9. The fraction of sp³-hybridized carbons (Fsp3) is 0.214. The lowest BCUT2D eigenvalue weighted by Gasteiger charge is -2.18. The minimum Gasteiger partial charge on any atom is -0.483 e. The number of allylic oxidation sites excluding steroid dienone is 1. The Morgan fingerprint density at radius 1 is 1.11 bits per heavy atom. The Kier molecular flexibility index (Phi) is 11.6. The molecule has 5 nitrogen and oxygen atoms in total. The molecule has 4 rings (SSSR count). The van der Waals surface area contributed by atoms with Gasteiger partial charge in [0, 0.05) is 35.5 Å². The minimum atomic E-state index is -1.27. The zero-order valence-electron chi connectivity index (χ0n) is 20.8. The van der Waals surface area contributed by atoms with E-state index in [1.54, 1.807) is 23.7 Å². The van der Waals surface area contributed by atoms with Gasteiger partial charge in [-0.15, -0.1) is 23.5 Å². The first-order chi connectivity index (χ1) is 18.4. The van der Waals surface area contributed by atoms with E-state index in [0.717, 1.165) is 23.8 Å². The van der Waals surface area contributed by atoms with Gasteiger partial charge in [0.1, 0.15) is 5.82 Å². The van der Waals surface area contributed by atoms with Crippen LogP contribution < -0.4 is 10.1 Å². The first-order valence-electron chi connectivity index (χ1n) is 11.5. The first-order valence-corrected chi connectivity index (χ1v) is 13.9. The zero-order valence-corrected chi connectivity index (χ0v) is 22.5. The average molecular weight is 561 g/mol. The van der Waals surface area contributed by atoms with E-state index in [9.17, 15) is 13.6 Å². The summed E-state index contributed by atoms with van der Waals surface area (Å²) in [6, 6.07) is 10.7. The molecule has 0 fully saturated rings. The molecule has 3 aromatic rings. The Labute approximate surface area is 228 Å². The molecule has 1 unspecified atom stereocenters. The lowest BCUT2D eigenvalue weighted by molar-refractivity contribution is -0.130. The fourth-order valence-corrected chi connectivity index (χ4v) is 4.19. The number of methoxy groups -OCH3 is 1. The molecule has 38 heavy (non-hydrogen) atoms. The molecule has 1 aliphatic rings. The lowest BCUT2D eigenvalue weighted by atomic mass is 10.0. The van der Waals surface area contributed by atoms with Crippen LogP contribution in [0, 0.1) is 17.5 Å². The van der Waals surface area contributed by atoms with Gasteiger partial charge in [-0.25, -0.2) is 18.2 Å². The maximum atomic E-state index is 15.0. The molecule has 1 atom stereocenters. The van der Waals surface area contributed by atoms with E-state index in [1.807, 2.05) is 18.0 Å². The molecule has 2 heterocycles. The monoisotopic (exact) mass is 560 g/mol. The zero-order chi connectivity index (χ0) is 27.3. The van der Waals surface area contributed by atoms with Crippen LogP contribution >= 0.6 is 23.5 Å². The molecule has 0 bridgehead atoms.